The molecule has 0 atom stereocenters. The second-order valence-electron chi connectivity index (χ2n) is 8.63. The molecule has 7 heteroatoms. The fourth-order valence-corrected chi connectivity index (χ4v) is 4.60. The summed E-state index contributed by atoms with van der Waals surface area (Å²) in [7, 11) is 0. The van der Waals surface area contributed by atoms with Crippen LogP contribution in [0.25, 0.3) is 0 Å². The van der Waals surface area contributed by atoms with Gasteiger partial charge in [0, 0.05) is 58.6 Å². The molecule has 4 rings (SSSR count). The van der Waals surface area contributed by atoms with Gasteiger partial charge in [0.25, 0.3) is 5.91 Å². The highest BCUT2D eigenvalue weighted by Gasteiger charge is 2.29. The van der Waals surface area contributed by atoms with Crippen molar-refractivity contribution in [2.45, 2.75) is 6.04 Å². The van der Waals surface area contributed by atoms with Crippen molar-refractivity contribution in [3.8, 4) is 6.07 Å². The zero-order chi connectivity index (χ0) is 23.6. The fourth-order valence-electron chi connectivity index (χ4n) is 4.60. The minimum Gasteiger partial charge on any atom is -0.388 e. The summed E-state index contributed by atoms with van der Waals surface area (Å²) < 4.78 is 5.36. The summed E-state index contributed by atoms with van der Waals surface area (Å²) in [4.78, 5) is 19.5. The molecule has 1 N–H and O–H groups in total. The third-order valence-electron chi connectivity index (χ3n) is 6.47. The summed E-state index contributed by atoms with van der Waals surface area (Å²) in [6.45, 7) is 7.64. The number of carbonyl (C=O) groups is 1. The maximum atomic E-state index is 13.0. The second-order valence-corrected chi connectivity index (χ2v) is 8.63. The van der Waals surface area contributed by atoms with E-state index in [2.05, 4.69) is 69.7 Å². The molecule has 0 saturated carbocycles. The van der Waals surface area contributed by atoms with Gasteiger partial charge in [0.1, 0.15) is 11.6 Å². The van der Waals surface area contributed by atoms with Gasteiger partial charge < -0.3 is 15.0 Å². The first kappa shape index (κ1) is 24.0. The number of ether oxygens (including phenoxy) is 1. The van der Waals surface area contributed by atoms with E-state index < -0.39 is 0 Å². The van der Waals surface area contributed by atoms with E-state index in [1.807, 2.05) is 12.1 Å². The Morgan fingerprint density at radius 1 is 0.941 bits per heavy atom. The molecule has 34 heavy (non-hydrogen) atoms. The Morgan fingerprint density at radius 2 is 1.53 bits per heavy atom. The van der Waals surface area contributed by atoms with Crippen molar-refractivity contribution in [1.29, 1.82) is 5.26 Å². The molecule has 0 spiro atoms. The third-order valence-corrected chi connectivity index (χ3v) is 6.47. The number of nitrogens with one attached hydrogen (secondary N) is 1. The average Bonchev–Trinajstić information content (AvgIpc) is 2.91. The number of rotatable bonds is 8. The summed E-state index contributed by atoms with van der Waals surface area (Å²) in [5.41, 5.74) is 2.66. The predicted molar refractivity (Wildman–Crippen MR) is 132 cm³/mol. The largest absolute Gasteiger partial charge is 0.388 e. The first-order valence-corrected chi connectivity index (χ1v) is 12.0. The highest BCUT2D eigenvalue weighted by Crippen LogP contribution is 2.29. The van der Waals surface area contributed by atoms with Gasteiger partial charge in [0.05, 0.1) is 19.3 Å². The van der Waals surface area contributed by atoms with Crippen LogP contribution in [-0.4, -0.2) is 86.2 Å². The Balaban J connectivity index is 1.34. The first-order chi connectivity index (χ1) is 16.8. The van der Waals surface area contributed by atoms with Gasteiger partial charge in [0.2, 0.25) is 0 Å². The van der Waals surface area contributed by atoms with Crippen LogP contribution in [0.2, 0.25) is 0 Å². The van der Waals surface area contributed by atoms with Gasteiger partial charge >= 0.3 is 0 Å². The second kappa shape index (κ2) is 12.3. The van der Waals surface area contributed by atoms with E-state index in [9.17, 15) is 10.1 Å². The van der Waals surface area contributed by atoms with Crippen LogP contribution in [0.3, 0.4) is 0 Å². The zero-order valence-corrected chi connectivity index (χ0v) is 19.6. The Labute approximate surface area is 202 Å². The summed E-state index contributed by atoms with van der Waals surface area (Å²) in [5.74, 6) is -0.197. The van der Waals surface area contributed by atoms with Crippen LogP contribution in [0.5, 0.6) is 0 Å². The molecule has 7 nitrogen and oxygen atoms in total. The molecule has 2 aromatic carbocycles. The number of benzene rings is 2. The van der Waals surface area contributed by atoms with Gasteiger partial charge in [0.15, 0.2) is 0 Å². The quantitative estimate of drug-likeness (QED) is 0.371. The summed E-state index contributed by atoms with van der Waals surface area (Å²) in [5, 5.41) is 12.7. The van der Waals surface area contributed by atoms with E-state index in [1.54, 1.807) is 11.1 Å². The molecule has 2 fully saturated rings. The van der Waals surface area contributed by atoms with E-state index >= 15 is 0 Å². The van der Waals surface area contributed by atoms with Crippen molar-refractivity contribution in [3.63, 3.8) is 0 Å². The molecule has 2 heterocycles. The van der Waals surface area contributed by atoms with Gasteiger partial charge in [-0.2, -0.15) is 5.26 Å². The molecule has 2 saturated heterocycles. The maximum Gasteiger partial charge on any atom is 0.266 e. The summed E-state index contributed by atoms with van der Waals surface area (Å²) in [6.07, 6.45) is 1.58. The number of hydrogen-bond donors (Lipinski definition) is 1. The smallest absolute Gasteiger partial charge is 0.266 e. The van der Waals surface area contributed by atoms with Crippen molar-refractivity contribution < 1.29 is 9.53 Å². The van der Waals surface area contributed by atoms with E-state index in [0.29, 0.717) is 19.6 Å². The molecule has 0 radical (unpaired) electrons. The average molecular weight is 460 g/mol. The van der Waals surface area contributed by atoms with Crippen LogP contribution in [0.15, 0.2) is 72.4 Å². The SMILES string of the molecule is N#C/C(=C/NCCN1CCOCC1)C(=O)N1CCN(C(c2ccccc2)c2ccccc2)CC1. The van der Waals surface area contributed by atoms with E-state index in [-0.39, 0.29) is 17.5 Å². The lowest BCUT2D eigenvalue weighted by atomic mass is 9.96. The molecule has 0 bridgehead atoms. The van der Waals surface area contributed by atoms with Gasteiger partial charge in [-0.05, 0) is 11.1 Å². The van der Waals surface area contributed by atoms with Crippen molar-refractivity contribution in [1.82, 2.24) is 20.0 Å². The number of nitriles is 1. The Hall–Kier alpha value is -3.18. The molecule has 0 aromatic heterocycles. The van der Waals surface area contributed by atoms with E-state index in [0.717, 1.165) is 45.9 Å². The van der Waals surface area contributed by atoms with Crippen molar-refractivity contribution >= 4 is 5.91 Å². The summed E-state index contributed by atoms with van der Waals surface area (Å²) in [6, 6.07) is 23.2. The number of carbonyl (C=O) groups excluding carboxylic acids is 1. The van der Waals surface area contributed by atoms with E-state index in [4.69, 9.17) is 4.74 Å². The molecule has 0 unspecified atom stereocenters. The highest BCUT2D eigenvalue weighted by atomic mass is 16.5. The van der Waals surface area contributed by atoms with Crippen molar-refractivity contribution in [2.24, 2.45) is 0 Å². The van der Waals surface area contributed by atoms with E-state index in [1.165, 1.54) is 11.1 Å². The number of morpholine rings is 1. The zero-order valence-electron chi connectivity index (χ0n) is 19.6. The Morgan fingerprint density at radius 3 is 2.09 bits per heavy atom. The van der Waals surface area contributed by atoms with Gasteiger partial charge in [-0.15, -0.1) is 0 Å². The molecular weight excluding hydrogens is 426 g/mol. The Bertz CT molecular complexity index is 936. The summed E-state index contributed by atoms with van der Waals surface area (Å²) >= 11 is 0. The minimum absolute atomic E-state index is 0.146. The van der Waals surface area contributed by atoms with Crippen molar-refractivity contribution in [2.75, 3.05) is 65.6 Å². The number of hydrogen-bond acceptors (Lipinski definition) is 6. The standard InChI is InChI=1S/C27H33N5O2/c28-21-25(22-29-11-12-30-17-19-34-20-18-30)27(33)32-15-13-31(14-16-32)26(23-7-3-1-4-8-23)24-9-5-2-6-10-24/h1-10,22,26,29H,11-20H2/b25-22-. The van der Waals surface area contributed by atoms with Crippen molar-refractivity contribution in [3.05, 3.63) is 83.6 Å². The molecule has 0 aliphatic carbocycles. The molecule has 2 aliphatic rings. The lowest BCUT2D eigenvalue weighted by Crippen LogP contribution is -2.50. The van der Waals surface area contributed by atoms with Crippen LogP contribution in [0.1, 0.15) is 17.2 Å². The van der Waals surface area contributed by atoms with Crippen LogP contribution < -0.4 is 5.32 Å². The van der Waals surface area contributed by atoms with Gasteiger partial charge in [-0.25, -0.2) is 0 Å². The molecule has 1 amide bonds. The molecule has 2 aliphatic heterocycles. The first-order valence-electron chi connectivity index (χ1n) is 12.0. The fraction of sp³-hybridized carbons (Fsp3) is 0.407. The van der Waals surface area contributed by atoms with Gasteiger partial charge in [-0.3, -0.25) is 14.6 Å². The van der Waals surface area contributed by atoms with Crippen LogP contribution in [0.4, 0.5) is 0 Å². The lowest BCUT2D eigenvalue weighted by molar-refractivity contribution is -0.128. The van der Waals surface area contributed by atoms with Crippen LogP contribution >= 0.6 is 0 Å². The number of piperazine rings is 1. The Kier molecular flexibility index (Phi) is 8.69. The maximum absolute atomic E-state index is 13.0. The molecule has 178 valence electrons. The monoisotopic (exact) mass is 459 g/mol. The van der Waals surface area contributed by atoms with Gasteiger partial charge in [-0.1, -0.05) is 60.7 Å². The molecule has 2 aromatic rings. The third kappa shape index (κ3) is 6.23. The van der Waals surface area contributed by atoms with Crippen LogP contribution in [-0.2, 0) is 9.53 Å². The topological polar surface area (TPSA) is 71.8 Å². The molecular formula is C27H33N5O2. The minimum atomic E-state index is -0.197. The normalized spacial score (nSPS) is 18.0. The number of amides is 1. The van der Waals surface area contributed by atoms with Crippen LogP contribution in [0, 0.1) is 11.3 Å². The lowest BCUT2D eigenvalue weighted by Gasteiger charge is -2.39. The number of nitrogens with zero attached hydrogens (tertiary/aromatic N) is 4. The predicted octanol–water partition coefficient (Wildman–Crippen LogP) is 2.25. The highest BCUT2D eigenvalue weighted by molar-refractivity contribution is 5.97.